The Morgan fingerprint density at radius 2 is 2.05 bits per heavy atom. The molecule has 3 rings (SSSR count). The first kappa shape index (κ1) is 13.3. The van der Waals surface area contributed by atoms with Crippen molar-refractivity contribution in [3.63, 3.8) is 0 Å². The largest absolute Gasteiger partial charge is 0.340 e. The van der Waals surface area contributed by atoms with Gasteiger partial charge in [0.15, 0.2) is 0 Å². The molecule has 3 atom stereocenters. The highest BCUT2D eigenvalue weighted by Crippen LogP contribution is 2.43. The Morgan fingerprint density at radius 3 is 2.63 bits per heavy atom. The third-order valence-electron chi connectivity index (χ3n) is 4.78. The molecule has 0 spiro atoms. The zero-order valence-corrected chi connectivity index (χ0v) is 12.5. The van der Waals surface area contributed by atoms with Crippen LogP contribution in [0.4, 0.5) is 0 Å². The minimum atomic E-state index is -0.647. The predicted octanol–water partition coefficient (Wildman–Crippen LogP) is 1.40. The molecule has 2 heterocycles. The molecule has 1 saturated carbocycles. The Morgan fingerprint density at radius 1 is 1.32 bits per heavy atom. The van der Waals surface area contributed by atoms with Crippen molar-refractivity contribution in [1.82, 2.24) is 10.2 Å². The zero-order valence-electron chi connectivity index (χ0n) is 11.6. The van der Waals surface area contributed by atoms with E-state index in [1.54, 1.807) is 0 Å². The number of carbonyl (C=O) groups is 2. The van der Waals surface area contributed by atoms with E-state index in [1.807, 2.05) is 30.5 Å². The third kappa shape index (κ3) is 2.16. The molecule has 0 aromatic carbocycles. The number of nitrogens with one attached hydrogen (secondary N) is 1. The molecule has 1 aliphatic carbocycles. The van der Waals surface area contributed by atoms with Gasteiger partial charge in [0.1, 0.15) is 11.6 Å². The lowest BCUT2D eigenvalue weighted by Gasteiger charge is -2.47. The van der Waals surface area contributed by atoms with Crippen LogP contribution in [-0.2, 0) is 9.59 Å². The molecule has 4 nitrogen and oxygen atoms in total. The van der Waals surface area contributed by atoms with Gasteiger partial charge < -0.3 is 10.2 Å². The first-order valence-corrected chi connectivity index (χ1v) is 8.42. The number of thioether (sulfide) groups is 1. The van der Waals surface area contributed by atoms with Crippen LogP contribution >= 0.6 is 11.8 Å². The number of piperazine rings is 1. The highest BCUT2D eigenvalue weighted by Gasteiger charge is 2.55. The van der Waals surface area contributed by atoms with Gasteiger partial charge in [-0.1, -0.05) is 0 Å². The van der Waals surface area contributed by atoms with Gasteiger partial charge in [0.2, 0.25) is 11.8 Å². The summed E-state index contributed by atoms with van der Waals surface area (Å²) in [7, 11) is 0. The van der Waals surface area contributed by atoms with E-state index >= 15 is 0 Å². The van der Waals surface area contributed by atoms with Crippen LogP contribution < -0.4 is 5.32 Å². The first-order chi connectivity index (χ1) is 9.04. The Balaban J connectivity index is 1.86. The molecular formula is C14H22N2O2S. The van der Waals surface area contributed by atoms with Gasteiger partial charge in [-0.3, -0.25) is 9.59 Å². The maximum Gasteiger partial charge on any atom is 0.249 e. The lowest BCUT2D eigenvalue weighted by atomic mass is 9.88. The summed E-state index contributed by atoms with van der Waals surface area (Å²) in [5.74, 6) is 2.66. The van der Waals surface area contributed by atoms with E-state index in [0.29, 0.717) is 5.92 Å². The van der Waals surface area contributed by atoms with Crippen LogP contribution in [0.15, 0.2) is 0 Å². The number of rotatable bonds is 2. The average Bonchev–Trinajstić information content (AvgIpc) is 3.23. The van der Waals surface area contributed by atoms with Crippen LogP contribution in [0.1, 0.15) is 39.5 Å². The first-order valence-electron chi connectivity index (χ1n) is 7.26. The molecule has 3 unspecified atom stereocenters. The summed E-state index contributed by atoms with van der Waals surface area (Å²) >= 11 is 1.90. The Hall–Kier alpha value is -0.710. The van der Waals surface area contributed by atoms with Gasteiger partial charge in [-0.2, -0.15) is 11.8 Å². The molecule has 2 aliphatic heterocycles. The number of nitrogens with zero attached hydrogens (tertiary/aromatic N) is 1. The molecule has 3 fully saturated rings. The van der Waals surface area contributed by atoms with Crippen LogP contribution in [0.5, 0.6) is 0 Å². The van der Waals surface area contributed by atoms with Gasteiger partial charge in [-0.15, -0.1) is 0 Å². The molecule has 0 bridgehead atoms. The van der Waals surface area contributed by atoms with Crippen molar-refractivity contribution in [1.29, 1.82) is 0 Å². The molecule has 2 amide bonds. The van der Waals surface area contributed by atoms with Gasteiger partial charge in [0, 0.05) is 11.8 Å². The van der Waals surface area contributed by atoms with Gasteiger partial charge in [-0.05, 0) is 51.2 Å². The second kappa shape index (κ2) is 4.69. The Labute approximate surface area is 118 Å². The van der Waals surface area contributed by atoms with Crippen molar-refractivity contribution in [2.24, 2.45) is 5.92 Å². The van der Waals surface area contributed by atoms with Gasteiger partial charge in [0.25, 0.3) is 0 Å². The molecule has 0 radical (unpaired) electrons. The summed E-state index contributed by atoms with van der Waals surface area (Å²) in [5.41, 5.74) is -0.647. The van der Waals surface area contributed by atoms with Crippen LogP contribution in [0.25, 0.3) is 0 Å². The summed E-state index contributed by atoms with van der Waals surface area (Å²) in [6, 6.07) is -0.0756. The summed E-state index contributed by atoms with van der Waals surface area (Å²) in [4.78, 5) is 27.0. The van der Waals surface area contributed by atoms with E-state index in [1.165, 1.54) is 5.75 Å². The lowest BCUT2D eigenvalue weighted by molar-refractivity contribution is -0.157. The second-order valence-electron chi connectivity index (χ2n) is 6.23. The molecular weight excluding hydrogens is 260 g/mol. The fourth-order valence-electron chi connectivity index (χ4n) is 3.35. The SMILES string of the molecule is CC1C(=O)NC(C)(C2CC2)C(=O)N1C1CCCSC1. The van der Waals surface area contributed by atoms with E-state index in [2.05, 4.69) is 5.32 Å². The molecule has 106 valence electrons. The molecule has 1 N–H and O–H groups in total. The van der Waals surface area contributed by atoms with E-state index in [9.17, 15) is 9.59 Å². The fourth-order valence-corrected chi connectivity index (χ4v) is 4.48. The predicted molar refractivity (Wildman–Crippen MR) is 75.9 cm³/mol. The number of hydrogen-bond donors (Lipinski definition) is 1. The zero-order chi connectivity index (χ0) is 13.6. The summed E-state index contributed by atoms with van der Waals surface area (Å²) in [6.45, 7) is 3.78. The van der Waals surface area contributed by atoms with Crippen LogP contribution in [0, 0.1) is 5.92 Å². The maximum atomic E-state index is 12.9. The van der Waals surface area contributed by atoms with Crippen LogP contribution in [0.2, 0.25) is 0 Å². The second-order valence-corrected chi connectivity index (χ2v) is 7.38. The van der Waals surface area contributed by atoms with Crippen molar-refractivity contribution >= 4 is 23.6 Å². The van der Waals surface area contributed by atoms with Gasteiger partial charge in [-0.25, -0.2) is 0 Å². The fraction of sp³-hybridized carbons (Fsp3) is 0.857. The van der Waals surface area contributed by atoms with Crippen molar-refractivity contribution in [2.45, 2.75) is 57.2 Å². The van der Waals surface area contributed by atoms with Crippen molar-refractivity contribution in [3.05, 3.63) is 0 Å². The summed E-state index contributed by atoms with van der Waals surface area (Å²) < 4.78 is 0. The van der Waals surface area contributed by atoms with Crippen molar-refractivity contribution in [3.8, 4) is 0 Å². The van der Waals surface area contributed by atoms with Crippen molar-refractivity contribution < 1.29 is 9.59 Å². The van der Waals surface area contributed by atoms with E-state index in [-0.39, 0.29) is 23.9 Å². The monoisotopic (exact) mass is 282 g/mol. The number of carbonyl (C=O) groups excluding carboxylic acids is 2. The highest BCUT2D eigenvalue weighted by molar-refractivity contribution is 7.99. The van der Waals surface area contributed by atoms with Crippen molar-refractivity contribution in [2.75, 3.05) is 11.5 Å². The maximum absolute atomic E-state index is 12.9. The van der Waals surface area contributed by atoms with E-state index in [0.717, 1.165) is 31.4 Å². The topological polar surface area (TPSA) is 49.4 Å². The highest BCUT2D eigenvalue weighted by atomic mass is 32.2. The molecule has 0 aromatic heterocycles. The minimum absolute atomic E-state index is 0.0181. The standard InChI is InChI=1S/C14H22N2O2S/c1-9-12(17)15-14(2,10-5-6-10)13(18)16(9)11-4-3-7-19-8-11/h9-11H,3-8H2,1-2H3,(H,15,17). The summed E-state index contributed by atoms with van der Waals surface area (Å²) in [6.07, 6.45) is 4.30. The van der Waals surface area contributed by atoms with Crippen LogP contribution in [-0.4, -0.2) is 45.8 Å². The molecule has 2 saturated heterocycles. The normalized spacial score (nSPS) is 40.2. The Kier molecular flexibility index (Phi) is 3.28. The molecule has 19 heavy (non-hydrogen) atoms. The quantitative estimate of drug-likeness (QED) is 0.833. The van der Waals surface area contributed by atoms with E-state index < -0.39 is 5.54 Å². The van der Waals surface area contributed by atoms with Gasteiger partial charge >= 0.3 is 0 Å². The van der Waals surface area contributed by atoms with Gasteiger partial charge in [0.05, 0.1) is 0 Å². The minimum Gasteiger partial charge on any atom is -0.340 e. The van der Waals surface area contributed by atoms with Crippen LogP contribution in [0.3, 0.4) is 0 Å². The molecule has 3 aliphatic rings. The lowest BCUT2D eigenvalue weighted by Crippen LogP contribution is -2.71. The average molecular weight is 282 g/mol. The summed E-state index contributed by atoms with van der Waals surface area (Å²) in [5, 5.41) is 2.99. The van der Waals surface area contributed by atoms with E-state index in [4.69, 9.17) is 0 Å². The molecule has 0 aromatic rings. The Bertz CT molecular complexity index is 404. The number of amides is 2. The number of hydrogen-bond acceptors (Lipinski definition) is 3. The molecule has 5 heteroatoms. The third-order valence-corrected chi connectivity index (χ3v) is 5.98. The smallest absolute Gasteiger partial charge is 0.249 e.